The van der Waals surface area contributed by atoms with Gasteiger partial charge in [0.1, 0.15) is 6.10 Å². The minimum Gasteiger partial charge on any atom is -0.462 e. The predicted octanol–water partition coefficient (Wildman–Crippen LogP) is 15.2. The number of aliphatic hydroxyl groups is 2. The van der Waals surface area contributed by atoms with Gasteiger partial charge in [0, 0.05) is 6.42 Å². The number of carbonyl (C=O) groups excluding carboxylic acids is 2. The van der Waals surface area contributed by atoms with E-state index in [1.165, 1.54) is 128 Å². The van der Waals surface area contributed by atoms with Gasteiger partial charge in [0.05, 0.1) is 25.2 Å². The summed E-state index contributed by atoms with van der Waals surface area (Å²) in [6.07, 6.45) is 58.5. The molecule has 348 valence electrons. The zero-order chi connectivity index (χ0) is 43.8. The van der Waals surface area contributed by atoms with Crippen molar-refractivity contribution in [1.29, 1.82) is 0 Å². The Labute approximate surface area is 371 Å². The molecule has 0 aromatic rings. The highest BCUT2D eigenvalue weighted by Gasteiger charge is 2.24. The van der Waals surface area contributed by atoms with Crippen molar-refractivity contribution in [2.75, 3.05) is 6.61 Å². The number of carbonyl (C=O) groups is 2. The highest BCUT2D eigenvalue weighted by Crippen LogP contribution is 2.18. The first-order valence-electron chi connectivity index (χ1n) is 25.6. The molecule has 0 aromatic heterocycles. The molecule has 6 nitrogen and oxygen atoms in total. The first kappa shape index (κ1) is 57.6. The maximum atomic E-state index is 13.2. The quantitative estimate of drug-likeness (QED) is 0.0322. The van der Waals surface area contributed by atoms with Crippen molar-refractivity contribution in [3.8, 4) is 0 Å². The van der Waals surface area contributed by atoms with Crippen LogP contribution in [0, 0.1) is 0 Å². The molecule has 0 heterocycles. The molecular formula is C54H97NO5. The minimum atomic E-state index is -0.799. The van der Waals surface area contributed by atoms with Crippen LogP contribution in [-0.2, 0) is 14.3 Å². The lowest BCUT2D eigenvalue weighted by Gasteiger charge is -2.24. The topological polar surface area (TPSA) is 95.9 Å². The van der Waals surface area contributed by atoms with Gasteiger partial charge in [-0.3, -0.25) is 9.59 Å². The first-order chi connectivity index (χ1) is 29.5. The fraction of sp³-hybridized carbons (Fsp3) is 0.778. The van der Waals surface area contributed by atoms with Gasteiger partial charge in [-0.2, -0.15) is 0 Å². The second-order valence-corrected chi connectivity index (χ2v) is 17.3. The van der Waals surface area contributed by atoms with Crippen LogP contribution >= 0.6 is 0 Å². The van der Waals surface area contributed by atoms with Crippen LogP contribution < -0.4 is 5.32 Å². The van der Waals surface area contributed by atoms with E-state index in [0.717, 1.165) is 70.6 Å². The van der Waals surface area contributed by atoms with Crippen LogP contribution in [0.1, 0.15) is 245 Å². The van der Waals surface area contributed by atoms with Crippen molar-refractivity contribution in [3.63, 3.8) is 0 Å². The Kier molecular flexibility index (Phi) is 45.7. The van der Waals surface area contributed by atoms with Crippen molar-refractivity contribution in [2.24, 2.45) is 0 Å². The zero-order valence-corrected chi connectivity index (χ0v) is 39.6. The van der Waals surface area contributed by atoms with Gasteiger partial charge in [-0.1, -0.05) is 248 Å². The number of allylic oxidation sites excluding steroid dienone is 10. The number of esters is 1. The van der Waals surface area contributed by atoms with Crippen LogP contribution in [0.4, 0.5) is 0 Å². The van der Waals surface area contributed by atoms with E-state index in [0.29, 0.717) is 19.3 Å². The normalized spacial score (nSPS) is 13.8. The maximum Gasteiger partial charge on any atom is 0.306 e. The highest BCUT2D eigenvalue weighted by molar-refractivity contribution is 5.77. The van der Waals surface area contributed by atoms with E-state index < -0.39 is 18.2 Å². The van der Waals surface area contributed by atoms with E-state index in [-0.39, 0.29) is 24.9 Å². The fourth-order valence-electron chi connectivity index (χ4n) is 7.58. The van der Waals surface area contributed by atoms with Gasteiger partial charge >= 0.3 is 5.97 Å². The molecule has 0 bridgehead atoms. The summed E-state index contributed by atoms with van der Waals surface area (Å²) in [5.74, 6) is -0.511. The van der Waals surface area contributed by atoms with Gasteiger partial charge in [-0.05, 0) is 44.9 Å². The van der Waals surface area contributed by atoms with Crippen LogP contribution in [-0.4, -0.2) is 46.9 Å². The Morgan fingerprint density at radius 1 is 0.483 bits per heavy atom. The molecule has 6 heteroatoms. The number of aliphatic hydroxyl groups excluding tert-OH is 2. The predicted molar refractivity (Wildman–Crippen MR) is 259 cm³/mol. The average Bonchev–Trinajstić information content (AvgIpc) is 3.24. The summed E-state index contributed by atoms with van der Waals surface area (Å²) in [6.45, 7) is 6.37. The number of nitrogens with one attached hydrogen (secondary N) is 1. The molecule has 3 N–H and O–H groups in total. The van der Waals surface area contributed by atoms with E-state index in [1.807, 2.05) is 36.5 Å². The van der Waals surface area contributed by atoms with Crippen LogP contribution in [0.15, 0.2) is 60.8 Å². The fourth-order valence-corrected chi connectivity index (χ4v) is 7.58. The van der Waals surface area contributed by atoms with E-state index in [4.69, 9.17) is 4.74 Å². The molecule has 0 fully saturated rings. The number of amides is 1. The summed E-state index contributed by atoms with van der Waals surface area (Å²) in [5, 5.41) is 23.7. The first-order valence-corrected chi connectivity index (χ1v) is 25.6. The average molecular weight is 840 g/mol. The molecule has 0 aliphatic heterocycles. The smallest absolute Gasteiger partial charge is 0.306 e. The summed E-state index contributed by atoms with van der Waals surface area (Å²) in [5.41, 5.74) is 0. The van der Waals surface area contributed by atoms with Gasteiger partial charge in [-0.15, -0.1) is 0 Å². The lowest BCUT2D eigenvalue weighted by atomic mass is 10.0. The summed E-state index contributed by atoms with van der Waals surface area (Å²) >= 11 is 0. The van der Waals surface area contributed by atoms with Crippen LogP contribution in [0.5, 0.6) is 0 Å². The SMILES string of the molecule is CCC/C=C/C=C/C=C/C=C/C=C/CCCCCC(CC(=O)NC(CO)C(O)CCCCCCCCCCCC)OC(=O)CCCCCCCCCCCCCCCCC. The Hall–Kier alpha value is -2.44. The molecule has 60 heavy (non-hydrogen) atoms. The molecule has 0 rings (SSSR count). The second kappa shape index (κ2) is 47.6. The van der Waals surface area contributed by atoms with Crippen molar-refractivity contribution in [2.45, 2.75) is 264 Å². The minimum absolute atomic E-state index is 0.0501. The lowest BCUT2D eigenvalue weighted by Crippen LogP contribution is -2.46. The third-order valence-corrected chi connectivity index (χ3v) is 11.5. The number of rotatable bonds is 45. The monoisotopic (exact) mass is 840 g/mol. The molecule has 0 spiro atoms. The van der Waals surface area contributed by atoms with E-state index >= 15 is 0 Å². The molecule has 3 atom stereocenters. The Morgan fingerprint density at radius 2 is 0.883 bits per heavy atom. The standard InChI is InChI=1S/C54H97NO5/c1-4-7-10-13-16-19-22-24-26-28-29-31-33-36-39-42-45-50(60-54(59)47-44-41-38-35-32-30-27-25-23-20-17-14-11-8-5-2)48-53(58)55-51(49-56)52(57)46-43-40-37-34-21-18-15-12-9-6-3/h10,13,16,19,22,24,26,28-29,31,50-52,56-57H,4-9,11-12,14-15,17-18,20-21,23,25,27,30,32-49H2,1-3H3,(H,55,58)/b13-10+,19-16+,24-22+,28-26+,31-29+. The summed E-state index contributed by atoms with van der Waals surface area (Å²) < 4.78 is 5.92. The third-order valence-electron chi connectivity index (χ3n) is 11.5. The summed E-state index contributed by atoms with van der Waals surface area (Å²) in [7, 11) is 0. The highest BCUT2D eigenvalue weighted by atomic mass is 16.5. The molecule has 0 aliphatic rings. The molecule has 0 radical (unpaired) electrons. The zero-order valence-electron chi connectivity index (χ0n) is 39.6. The van der Waals surface area contributed by atoms with E-state index in [9.17, 15) is 19.8 Å². The molecule has 0 saturated heterocycles. The summed E-state index contributed by atoms with van der Waals surface area (Å²) in [4.78, 5) is 26.1. The molecular weight excluding hydrogens is 743 g/mol. The van der Waals surface area contributed by atoms with Crippen LogP contribution in [0.3, 0.4) is 0 Å². The Bertz CT molecular complexity index is 1080. The van der Waals surface area contributed by atoms with Crippen LogP contribution in [0.2, 0.25) is 0 Å². The van der Waals surface area contributed by atoms with Gasteiger partial charge in [0.15, 0.2) is 0 Å². The van der Waals surface area contributed by atoms with E-state index in [2.05, 4.69) is 50.4 Å². The molecule has 0 aliphatic carbocycles. The van der Waals surface area contributed by atoms with Crippen molar-refractivity contribution >= 4 is 11.9 Å². The van der Waals surface area contributed by atoms with Crippen molar-refractivity contribution in [3.05, 3.63) is 60.8 Å². The molecule has 3 unspecified atom stereocenters. The molecule has 0 saturated carbocycles. The van der Waals surface area contributed by atoms with E-state index in [1.54, 1.807) is 0 Å². The lowest BCUT2D eigenvalue weighted by molar-refractivity contribution is -0.151. The number of hydrogen-bond acceptors (Lipinski definition) is 5. The van der Waals surface area contributed by atoms with Crippen molar-refractivity contribution < 1.29 is 24.5 Å². The van der Waals surface area contributed by atoms with Gasteiger partial charge in [-0.25, -0.2) is 0 Å². The number of ether oxygens (including phenoxy) is 1. The largest absolute Gasteiger partial charge is 0.462 e. The van der Waals surface area contributed by atoms with Gasteiger partial charge in [0.25, 0.3) is 0 Å². The van der Waals surface area contributed by atoms with Gasteiger partial charge in [0.2, 0.25) is 5.91 Å². The van der Waals surface area contributed by atoms with Crippen LogP contribution in [0.25, 0.3) is 0 Å². The van der Waals surface area contributed by atoms with Crippen molar-refractivity contribution in [1.82, 2.24) is 5.32 Å². The van der Waals surface area contributed by atoms with Gasteiger partial charge < -0.3 is 20.3 Å². The Morgan fingerprint density at radius 3 is 1.35 bits per heavy atom. The second-order valence-electron chi connectivity index (χ2n) is 17.3. The maximum absolute atomic E-state index is 13.2. The molecule has 1 amide bonds. The third kappa shape index (κ3) is 42.3. The number of unbranched alkanes of at least 4 members (excludes halogenated alkanes) is 27. The number of hydrogen-bond donors (Lipinski definition) is 3. The summed E-state index contributed by atoms with van der Waals surface area (Å²) in [6, 6.07) is -0.715. The Balaban J connectivity index is 4.68. The molecule has 0 aromatic carbocycles.